The molecule has 0 atom stereocenters. The summed E-state index contributed by atoms with van der Waals surface area (Å²) in [4.78, 5) is 24.4. The molecular weight excluding hydrogens is 433 g/mol. The van der Waals surface area contributed by atoms with Crippen molar-refractivity contribution in [3.05, 3.63) is 108 Å². The molecule has 0 bridgehead atoms. The van der Waals surface area contributed by atoms with Gasteiger partial charge in [-0.1, -0.05) is 30.3 Å². The maximum absolute atomic E-state index is 13.2. The van der Waals surface area contributed by atoms with Crippen molar-refractivity contribution >= 4 is 27.5 Å². The van der Waals surface area contributed by atoms with Crippen LogP contribution in [0.3, 0.4) is 0 Å². The number of ether oxygens (including phenoxy) is 1. The number of nitrogens with zero attached hydrogens (tertiary/aromatic N) is 1. The van der Waals surface area contributed by atoms with Gasteiger partial charge in [0.05, 0.1) is 22.7 Å². The van der Waals surface area contributed by atoms with Crippen LogP contribution in [0, 0.1) is 5.82 Å². The van der Waals surface area contributed by atoms with E-state index in [4.69, 9.17) is 4.74 Å². The fraction of sp³-hybridized carbons (Fsp3) is 0.0833. The number of sulfonamides is 1. The van der Waals surface area contributed by atoms with Gasteiger partial charge < -0.3 is 4.74 Å². The zero-order valence-corrected chi connectivity index (χ0v) is 17.8. The van der Waals surface area contributed by atoms with E-state index in [1.165, 1.54) is 46.8 Å². The molecule has 0 radical (unpaired) electrons. The average molecular weight is 453 g/mol. The Balaban J connectivity index is 1.78. The molecule has 0 saturated heterocycles. The first-order chi connectivity index (χ1) is 15.3. The van der Waals surface area contributed by atoms with Crippen molar-refractivity contribution in [1.82, 2.24) is 0 Å². The molecule has 3 rings (SSSR count). The van der Waals surface area contributed by atoms with Gasteiger partial charge in [0, 0.05) is 5.56 Å². The normalized spacial score (nSPS) is 10.9. The first-order valence-corrected chi connectivity index (χ1v) is 11.0. The number of carbonyl (C=O) groups is 2. The Hall–Kier alpha value is -3.78. The number of para-hydroxylation sites is 1. The zero-order valence-electron chi connectivity index (χ0n) is 17.0. The van der Waals surface area contributed by atoms with Gasteiger partial charge in [-0.05, 0) is 54.6 Å². The predicted molar refractivity (Wildman–Crippen MR) is 119 cm³/mol. The predicted octanol–water partition coefficient (Wildman–Crippen LogP) is 4.25. The van der Waals surface area contributed by atoms with E-state index in [0.29, 0.717) is 5.69 Å². The molecule has 6 nitrogen and oxygen atoms in total. The molecule has 0 spiro atoms. The van der Waals surface area contributed by atoms with Gasteiger partial charge in [0.25, 0.3) is 10.0 Å². The minimum atomic E-state index is -4.00. The van der Waals surface area contributed by atoms with Gasteiger partial charge in [0.15, 0.2) is 12.4 Å². The molecule has 0 aliphatic rings. The second-order valence-electron chi connectivity index (χ2n) is 6.69. The third kappa shape index (κ3) is 5.28. The van der Waals surface area contributed by atoms with Gasteiger partial charge in [-0.25, -0.2) is 17.6 Å². The van der Waals surface area contributed by atoms with Crippen LogP contribution in [-0.4, -0.2) is 33.3 Å². The van der Waals surface area contributed by atoms with Crippen LogP contribution in [0.25, 0.3) is 0 Å². The highest BCUT2D eigenvalue weighted by molar-refractivity contribution is 7.92. The van der Waals surface area contributed by atoms with E-state index in [0.717, 1.165) is 12.1 Å². The maximum Gasteiger partial charge on any atom is 0.338 e. The molecule has 3 aromatic rings. The number of halogens is 1. The van der Waals surface area contributed by atoms with Crippen LogP contribution < -0.4 is 4.31 Å². The van der Waals surface area contributed by atoms with Gasteiger partial charge in [-0.3, -0.25) is 9.10 Å². The van der Waals surface area contributed by atoms with Crippen LogP contribution >= 0.6 is 0 Å². The van der Waals surface area contributed by atoms with Crippen LogP contribution in [0.15, 0.2) is 96.4 Å². The number of benzene rings is 3. The molecule has 0 heterocycles. The Labute approximate surface area is 185 Å². The largest absolute Gasteiger partial charge is 0.454 e. The van der Waals surface area contributed by atoms with Gasteiger partial charge in [0.1, 0.15) is 5.82 Å². The lowest BCUT2D eigenvalue weighted by Gasteiger charge is -2.23. The molecule has 8 heteroatoms. The minimum Gasteiger partial charge on any atom is -0.454 e. The first kappa shape index (κ1) is 22.9. The number of hydrogen-bond donors (Lipinski definition) is 0. The molecule has 0 amide bonds. The highest BCUT2D eigenvalue weighted by atomic mass is 32.2. The molecule has 0 aliphatic carbocycles. The Bertz CT molecular complexity index is 1220. The van der Waals surface area contributed by atoms with E-state index in [9.17, 15) is 22.4 Å². The Morgan fingerprint density at radius 2 is 1.62 bits per heavy atom. The Morgan fingerprint density at radius 3 is 2.28 bits per heavy atom. The number of rotatable bonds is 9. The van der Waals surface area contributed by atoms with E-state index in [-0.39, 0.29) is 22.6 Å². The monoisotopic (exact) mass is 453 g/mol. The second kappa shape index (κ2) is 10.0. The minimum absolute atomic E-state index is 0.0235. The average Bonchev–Trinajstić information content (AvgIpc) is 2.81. The van der Waals surface area contributed by atoms with Crippen molar-refractivity contribution in [3.63, 3.8) is 0 Å². The molecular formula is C24H20FNO5S. The lowest BCUT2D eigenvalue weighted by Crippen LogP contribution is -2.31. The summed E-state index contributed by atoms with van der Waals surface area (Å²) in [6, 6.07) is 18.7. The van der Waals surface area contributed by atoms with Crippen molar-refractivity contribution in [1.29, 1.82) is 0 Å². The number of anilines is 1. The SMILES string of the molecule is C=CCN(c1ccccc1)S(=O)(=O)c1cccc(C(=O)OCC(=O)c2ccc(F)cc2)c1. The molecule has 0 N–H and O–H groups in total. The second-order valence-corrected chi connectivity index (χ2v) is 8.56. The first-order valence-electron chi connectivity index (χ1n) is 9.57. The van der Waals surface area contributed by atoms with Crippen molar-refractivity contribution in [2.45, 2.75) is 4.90 Å². The van der Waals surface area contributed by atoms with Crippen molar-refractivity contribution < 1.29 is 27.1 Å². The Kier molecular flexibility index (Phi) is 7.17. The molecule has 0 aliphatic heterocycles. The smallest absolute Gasteiger partial charge is 0.338 e. The molecule has 32 heavy (non-hydrogen) atoms. The zero-order chi connectivity index (χ0) is 23.1. The van der Waals surface area contributed by atoms with Crippen LogP contribution in [-0.2, 0) is 14.8 Å². The summed E-state index contributed by atoms with van der Waals surface area (Å²) in [6.45, 7) is 3.09. The van der Waals surface area contributed by atoms with Crippen molar-refractivity contribution in [3.8, 4) is 0 Å². The summed E-state index contributed by atoms with van der Waals surface area (Å²) in [6.07, 6.45) is 1.46. The summed E-state index contributed by atoms with van der Waals surface area (Å²) < 4.78 is 45.6. The van der Waals surface area contributed by atoms with Gasteiger partial charge in [-0.15, -0.1) is 6.58 Å². The third-order valence-corrected chi connectivity index (χ3v) is 6.29. The lowest BCUT2D eigenvalue weighted by atomic mass is 10.1. The van der Waals surface area contributed by atoms with Gasteiger partial charge >= 0.3 is 5.97 Å². The number of carbonyl (C=O) groups excluding carboxylic acids is 2. The third-order valence-electron chi connectivity index (χ3n) is 4.50. The number of ketones is 1. The summed E-state index contributed by atoms with van der Waals surface area (Å²) in [5, 5.41) is 0. The topological polar surface area (TPSA) is 80.8 Å². The van der Waals surface area contributed by atoms with E-state index in [1.807, 2.05) is 0 Å². The van der Waals surface area contributed by atoms with Gasteiger partial charge in [-0.2, -0.15) is 0 Å². The number of esters is 1. The van der Waals surface area contributed by atoms with E-state index in [1.54, 1.807) is 30.3 Å². The van der Waals surface area contributed by atoms with E-state index < -0.39 is 34.2 Å². The fourth-order valence-corrected chi connectivity index (χ4v) is 4.38. The summed E-state index contributed by atoms with van der Waals surface area (Å²) in [5.74, 6) is -1.85. The highest BCUT2D eigenvalue weighted by Crippen LogP contribution is 2.24. The van der Waals surface area contributed by atoms with Crippen LogP contribution in [0.5, 0.6) is 0 Å². The molecule has 164 valence electrons. The van der Waals surface area contributed by atoms with E-state index in [2.05, 4.69) is 6.58 Å². The lowest BCUT2D eigenvalue weighted by molar-refractivity contribution is 0.0474. The fourth-order valence-electron chi connectivity index (χ4n) is 2.90. The van der Waals surface area contributed by atoms with Gasteiger partial charge in [0.2, 0.25) is 0 Å². The quantitative estimate of drug-likeness (QED) is 0.275. The van der Waals surface area contributed by atoms with Crippen molar-refractivity contribution in [2.24, 2.45) is 0 Å². The van der Waals surface area contributed by atoms with Crippen LogP contribution in [0.1, 0.15) is 20.7 Å². The molecule has 0 aromatic heterocycles. The number of hydrogen-bond acceptors (Lipinski definition) is 5. The van der Waals surface area contributed by atoms with Crippen molar-refractivity contribution in [2.75, 3.05) is 17.5 Å². The molecule has 0 fully saturated rings. The highest BCUT2D eigenvalue weighted by Gasteiger charge is 2.25. The van der Waals surface area contributed by atoms with Crippen LogP contribution in [0.2, 0.25) is 0 Å². The van der Waals surface area contributed by atoms with Crippen LogP contribution in [0.4, 0.5) is 10.1 Å². The maximum atomic E-state index is 13.2. The molecule has 0 saturated carbocycles. The molecule has 3 aromatic carbocycles. The summed E-state index contributed by atoms with van der Waals surface area (Å²) in [7, 11) is -4.00. The summed E-state index contributed by atoms with van der Waals surface area (Å²) >= 11 is 0. The summed E-state index contributed by atoms with van der Waals surface area (Å²) in [5.41, 5.74) is 0.619. The standard InChI is InChI=1S/C24H20FNO5S/c1-2-15-26(21-8-4-3-5-9-21)32(29,30)22-10-6-7-19(16-22)24(28)31-17-23(27)18-11-13-20(25)14-12-18/h2-14,16H,1,15,17H2. The number of Topliss-reactive ketones (excluding diaryl/α,β-unsaturated/α-hetero) is 1. The Morgan fingerprint density at radius 1 is 0.938 bits per heavy atom. The van der Waals surface area contributed by atoms with E-state index >= 15 is 0 Å². The molecule has 0 unspecified atom stereocenters.